The number of hydrogen-bond donors (Lipinski definition) is 2. The van der Waals surface area contributed by atoms with Gasteiger partial charge in [-0.2, -0.15) is 0 Å². The van der Waals surface area contributed by atoms with Crippen LogP contribution in [-0.2, 0) is 25.0 Å². The molecule has 1 aromatic rings. The molecule has 0 atom stereocenters. The summed E-state index contributed by atoms with van der Waals surface area (Å²) < 4.78 is 73.1. The molecule has 0 amide bonds. The van der Waals surface area contributed by atoms with Crippen LogP contribution in [0.4, 0.5) is 4.79 Å². The van der Waals surface area contributed by atoms with Gasteiger partial charge in [-0.15, -0.1) is 0 Å². The maximum absolute atomic E-state index is 11.9. The third kappa shape index (κ3) is 9.82. The molecule has 14 heteroatoms. The summed E-state index contributed by atoms with van der Waals surface area (Å²) in [6, 6.07) is 2.14. The predicted molar refractivity (Wildman–Crippen MR) is 117 cm³/mol. The van der Waals surface area contributed by atoms with Crippen LogP contribution in [0.25, 0.3) is 0 Å². The van der Waals surface area contributed by atoms with Gasteiger partial charge < -0.3 is 0 Å². The Bertz CT molecular complexity index is 877. The number of carbonyl (C=O) groups is 1. The third-order valence-electron chi connectivity index (χ3n) is 4.79. The fraction of sp³-hybridized carbons (Fsp3) is 0.533. The predicted octanol–water partition coefficient (Wildman–Crippen LogP) is 1.21. The molecule has 0 aromatic heterocycles. The van der Waals surface area contributed by atoms with E-state index in [1.165, 1.54) is 0 Å². The Balaban J connectivity index is 0. The van der Waals surface area contributed by atoms with Gasteiger partial charge in [0.1, 0.15) is 0 Å². The SMILES string of the molecule is CC[PH](CC)(CC)CCOC(=O)Oc1ccc(S(=O)(=O)O)cc1S(=O)(=O)O.[NaH].[NaH]. The van der Waals surface area contributed by atoms with Crippen LogP contribution < -0.4 is 4.74 Å². The van der Waals surface area contributed by atoms with Crippen LogP contribution in [0.1, 0.15) is 20.8 Å². The summed E-state index contributed by atoms with van der Waals surface area (Å²) in [7, 11) is -11.1. The van der Waals surface area contributed by atoms with Crippen LogP contribution in [0.2, 0.25) is 0 Å². The molecule has 0 spiro atoms. The minimum absolute atomic E-state index is 0. The molecule has 0 saturated carbocycles. The first-order valence-electron chi connectivity index (χ1n) is 8.32. The Morgan fingerprint density at radius 2 is 1.48 bits per heavy atom. The normalized spacial score (nSPS) is 12.3. The molecule has 0 aliphatic heterocycles. The first-order chi connectivity index (χ1) is 12.4. The zero-order valence-electron chi connectivity index (χ0n) is 15.3. The van der Waals surface area contributed by atoms with Crippen LogP contribution in [0, 0.1) is 0 Å². The molecule has 2 N–H and O–H groups in total. The van der Waals surface area contributed by atoms with Gasteiger partial charge in [0, 0.05) is 0 Å². The molecular formula is C15H27Na2O9PS2. The van der Waals surface area contributed by atoms with Crippen LogP contribution in [0.5, 0.6) is 5.75 Å². The van der Waals surface area contributed by atoms with Crippen LogP contribution in [0.3, 0.4) is 0 Å². The second-order valence-corrected chi connectivity index (χ2v) is 14.5. The Kier molecular flexibility index (Phi) is 14.7. The Hall–Kier alpha value is 0.740. The van der Waals surface area contributed by atoms with Gasteiger partial charge in [0.25, 0.3) is 0 Å². The summed E-state index contributed by atoms with van der Waals surface area (Å²) in [4.78, 5) is 10.1. The molecule has 0 saturated heterocycles. The van der Waals surface area contributed by atoms with Gasteiger partial charge in [0.2, 0.25) is 0 Å². The summed E-state index contributed by atoms with van der Waals surface area (Å²) in [5.74, 6) is -0.611. The molecule has 9 nitrogen and oxygen atoms in total. The van der Waals surface area contributed by atoms with Crippen molar-refractivity contribution >= 4 is 92.8 Å². The Morgan fingerprint density at radius 1 is 0.966 bits per heavy atom. The van der Waals surface area contributed by atoms with Crippen LogP contribution in [0.15, 0.2) is 28.0 Å². The third-order valence-corrected chi connectivity index (χ3v) is 12.3. The van der Waals surface area contributed by atoms with E-state index in [1.807, 2.05) is 0 Å². The number of rotatable bonds is 9. The molecular weight excluding hydrogens is 465 g/mol. The van der Waals surface area contributed by atoms with E-state index in [2.05, 4.69) is 20.8 Å². The van der Waals surface area contributed by atoms with Gasteiger partial charge in [0.15, 0.2) is 0 Å². The quantitative estimate of drug-likeness (QED) is 0.171. The van der Waals surface area contributed by atoms with E-state index in [4.69, 9.17) is 14.0 Å². The standard InChI is InChI=1S/C15H25O9PS2.2Na.2H/c1-4-25(5-2,6-3)10-9-23-15(16)24-13-8-7-12(26(17,18)19)11-14(13)27(20,21)22;;;;/h7-8,11,25H,4-6,9-10H2,1-3H3,(H,17,18,19)(H,20,21,22);;;;. The molecule has 1 aromatic carbocycles. The van der Waals surface area contributed by atoms with Gasteiger partial charge in [0.05, 0.1) is 0 Å². The van der Waals surface area contributed by atoms with E-state index in [1.54, 1.807) is 0 Å². The minimum atomic E-state index is -4.92. The topological polar surface area (TPSA) is 144 Å². The van der Waals surface area contributed by atoms with Gasteiger partial charge >= 0.3 is 219 Å². The molecule has 160 valence electrons. The van der Waals surface area contributed by atoms with Crippen molar-refractivity contribution in [2.24, 2.45) is 0 Å². The Labute approximate surface area is 216 Å². The number of carbonyl (C=O) groups excluding carboxylic acids is 1. The number of benzene rings is 1. The van der Waals surface area contributed by atoms with E-state index in [0.29, 0.717) is 6.07 Å². The molecule has 0 unspecified atom stereocenters. The van der Waals surface area contributed by atoms with E-state index < -0.39 is 49.2 Å². The first-order valence-corrected chi connectivity index (χ1v) is 14.0. The summed E-state index contributed by atoms with van der Waals surface area (Å²) >= 11 is 0. The Morgan fingerprint density at radius 3 is 1.90 bits per heavy atom. The van der Waals surface area contributed by atoms with E-state index in [-0.39, 0.29) is 65.7 Å². The number of ether oxygens (including phenoxy) is 2. The van der Waals surface area contributed by atoms with Crippen molar-refractivity contribution in [3.8, 4) is 5.75 Å². The van der Waals surface area contributed by atoms with Gasteiger partial charge in [-0.05, 0) is 0 Å². The van der Waals surface area contributed by atoms with E-state index in [9.17, 15) is 26.2 Å². The number of hydrogen-bond acceptors (Lipinski definition) is 7. The molecule has 0 radical (unpaired) electrons. The van der Waals surface area contributed by atoms with Gasteiger partial charge in [-0.25, -0.2) is 0 Å². The maximum atomic E-state index is 11.9. The van der Waals surface area contributed by atoms with E-state index in [0.717, 1.165) is 36.8 Å². The monoisotopic (exact) mass is 492 g/mol. The average molecular weight is 492 g/mol. The summed E-state index contributed by atoms with van der Waals surface area (Å²) in [5, 5.41) is 0. The second kappa shape index (κ2) is 13.3. The average Bonchev–Trinajstić information content (AvgIpc) is 2.57. The second-order valence-electron chi connectivity index (χ2n) is 6.07. The molecule has 0 aliphatic carbocycles. The van der Waals surface area contributed by atoms with Crippen molar-refractivity contribution in [3.63, 3.8) is 0 Å². The molecule has 0 fully saturated rings. The molecule has 0 aliphatic rings. The van der Waals surface area contributed by atoms with Crippen LogP contribution in [-0.4, -0.2) is 122 Å². The van der Waals surface area contributed by atoms with Crippen LogP contribution >= 0.6 is 7.26 Å². The molecule has 0 heterocycles. The van der Waals surface area contributed by atoms with Crippen molar-refractivity contribution in [3.05, 3.63) is 18.2 Å². The van der Waals surface area contributed by atoms with Crippen molar-refractivity contribution in [2.75, 3.05) is 31.3 Å². The zero-order valence-corrected chi connectivity index (χ0v) is 18.0. The summed E-state index contributed by atoms with van der Waals surface area (Å²) in [5.41, 5.74) is 0. The van der Waals surface area contributed by atoms with Gasteiger partial charge in [-0.3, -0.25) is 0 Å². The van der Waals surface area contributed by atoms with Crippen molar-refractivity contribution in [2.45, 2.75) is 30.6 Å². The van der Waals surface area contributed by atoms with Crippen molar-refractivity contribution < 1.29 is 40.2 Å². The van der Waals surface area contributed by atoms with Crippen molar-refractivity contribution in [1.29, 1.82) is 0 Å². The summed E-state index contributed by atoms with van der Waals surface area (Å²) in [6.45, 7) is 6.43. The molecule has 1 rings (SSSR count). The fourth-order valence-electron chi connectivity index (χ4n) is 2.69. The van der Waals surface area contributed by atoms with Crippen molar-refractivity contribution in [1.82, 2.24) is 0 Å². The van der Waals surface area contributed by atoms with Gasteiger partial charge in [-0.1, -0.05) is 0 Å². The molecule has 29 heavy (non-hydrogen) atoms. The summed E-state index contributed by atoms with van der Waals surface area (Å²) in [6.07, 6.45) is 2.69. The van der Waals surface area contributed by atoms with E-state index >= 15 is 0 Å². The zero-order chi connectivity index (χ0) is 20.9. The first kappa shape index (κ1) is 31.9. The fourth-order valence-corrected chi connectivity index (χ4v) is 7.00. The molecule has 0 bridgehead atoms.